The Labute approximate surface area is 159 Å². The van der Waals surface area contributed by atoms with Crippen LogP contribution < -0.4 is 15.4 Å². The second-order valence-corrected chi connectivity index (χ2v) is 7.73. The van der Waals surface area contributed by atoms with E-state index in [1.807, 2.05) is 0 Å². The quantitative estimate of drug-likeness (QED) is 0.701. The van der Waals surface area contributed by atoms with E-state index in [4.69, 9.17) is 0 Å². The number of hydrogen-bond acceptors (Lipinski definition) is 4. The predicted octanol–water partition coefficient (Wildman–Crippen LogP) is 2.99. The molecule has 0 aliphatic carbocycles. The van der Waals surface area contributed by atoms with Gasteiger partial charge in [-0.15, -0.1) is 12.4 Å². The molecule has 2 aromatic rings. The summed E-state index contributed by atoms with van der Waals surface area (Å²) in [6.07, 6.45) is 2.51. The molecule has 1 aliphatic heterocycles. The highest BCUT2D eigenvalue weighted by Crippen LogP contribution is 2.20. The van der Waals surface area contributed by atoms with Gasteiger partial charge in [0.05, 0.1) is 10.6 Å². The van der Waals surface area contributed by atoms with Gasteiger partial charge in [0.1, 0.15) is 0 Å². The minimum atomic E-state index is -3.65. The van der Waals surface area contributed by atoms with Gasteiger partial charge in [-0.1, -0.05) is 24.3 Å². The molecule has 1 aliphatic rings. The molecule has 6 nitrogen and oxygen atoms in total. The van der Waals surface area contributed by atoms with E-state index in [2.05, 4.69) is 15.4 Å². The number of sulfonamides is 1. The maximum Gasteiger partial charge on any atom is 0.261 e. The average Bonchev–Trinajstić information content (AvgIpc) is 3.08. The van der Waals surface area contributed by atoms with Gasteiger partial charge in [0, 0.05) is 18.2 Å². The first-order valence-electron chi connectivity index (χ1n) is 8.24. The molecule has 0 bridgehead atoms. The lowest BCUT2D eigenvalue weighted by molar-refractivity contribution is -0.116. The lowest BCUT2D eigenvalue weighted by Gasteiger charge is -2.12. The van der Waals surface area contributed by atoms with E-state index in [0.717, 1.165) is 19.4 Å². The number of hydrogen-bond donors (Lipinski definition) is 3. The largest absolute Gasteiger partial charge is 0.326 e. The summed E-state index contributed by atoms with van der Waals surface area (Å²) in [6, 6.07) is 15.1. The number of amides is 1. The lowest BCUT2D eigenvalue weighted by Crippen LogP contribution is -2.27. The fraction of sp³-hybridized carbons (Fsp3) is 0.278. The first-order valence-corrected chi connectivity index (χ1v) is 9.72. The Hall–Kier alpha value is -2.09. The van der Waals surface area contributed by atoms with Gasteiger partial charge in [0.15, 0.2) is 0 Å². The van der Waals surface area contributed by atoms with Crippen molar-refractivity contribution in [1.82, 2.24) is 5.32 Å². The molecule has 2 aromatic carbocycles. The Bertz CT molecular complexity index is 838. The van der Waals surface area contributed by atoms with Crippen LogP contribution in [0.2, 0.25) is 0 Å². The number of benzene rings is 2. The zero-order valence-electron chi connectivity index (χ0n) is 14.1. The van der Waals surface area contributed by atoms with Crippen LogP contribution in [-0.2, 0) is 14.8 Å². The Morgan fingerprint density at radius 2 is 1.81 bits per heavy atom. The van der Waals surface area contributed by atoms with Crippen molar-refractivity contribution in [2.45, 2.75) is 30.2 Å². The van der Waals surface area contributed by atoms with Crippen LogP contribution in [0, 0.1) is 0 Å². The highest BCUT2D eigenvalue weighted by Gasteiger charge is 2.18. The molecule has 0 aromatic heterocycles. The van der Waals surface area contributed by atoms with Crippen molar-refractivity contribution >= 4 is 39.7 Å². The van der Waals surface area contributed by atoms with Gasteiger partial charge in [-0.3, -0.25) is 9.52 Å². The van der Waals surface area contributed by atoms with Crippen LogP contribution in [0.25, 0.3) is 0 Å². The topological polar surface area (TPSA) is 87.3 Å². The van der Waals surface area contributed by atoms with Crippen molar-refractivity contribution in [3.05, 3.63) is 54.6 Å². The standard InChI is InChI=1S/C18H21N3O3S.ClH/c22-18(13-14-8-5-11-19-14)20-15-6-4-7-16(12-15)21-25(23,24)17-9-2-1-3-10-17;/h1-4,6-7,9-10,12,14,19,21H,5,8,11,13H2,(H,20,22);1H. The van der Waals surface area contributed by atoms with E-state index < -0.39 is 10.0 Å². The Morgan fingerprint density at radius 1 is 1.08 bits per heavy atom. The number of anilines is 2. The smallest absolute Gasteiger partial charge is 0.261 e. The zero-order valence-corrected chi connectivity index (χ0v) is 15.8. The summed E-state index contributed by atoms with van der Waals surface area (Å²) in [7, 11) is -3.65. The van der Waals surface area contributed by atoms with Crippen LogP contribution in [-0.4, -0.2) is 26.9 Å². The van der Waals surface area contributed by atoms with Crippen molar-refractivity contribution in [3.8, 4) is 0 Å². The normalized spacial score (nSPS) is 16.5. The maximum atomic E-state index is 12.4. The van der Waals surface area contributed by atoms with E-state index in [0.29, 0.717) is 17.8 Å². The summed E-state index contributed by atoms with van der Waals surface area (Å²) in [6.45, 7) is 0.953. The molecule has 0 spiro atoms. The molecule has 1 heterocycles. The minimum absolute atomic E-state index is 0. The number of rotatable bonds is 6. The molecule has 1 atom stereocenters. The summed E-state index contributed by atoms with van der Waals surface area (Å²) in [4.78, 5) is 12.3. The van der Waals surface area contributed by atoms with Gasteiger partial charge in [-0.05, 0) is 49.7 Å². The van der Waals surface area contributed by atoms with Gasteiger partial charge in [-0.25, -0.2) is 8.42 Å². The van der Waals surface area contributed by atoms with Crippen LogP contribution in [0.3, 0.4) is 0 Å². The lowest BCUT2D eigenvalue weighted by atomic mass is 10.1. The second-order valence-electron chi connectivity index (χ2n) is 6.04. The first kappa shape index (κ1) is 20.2. The summed E-state index contributed by atoms with van der Waals surface area (Å²) in [5.41, 5.74) is 0.969. The van der Waals surface area contributed by atoms with Gasteiger partial charge >= 0.3 is 0 Å². The van der Waals surface area contributed by atoms with Crippen molar-refractivity contribution in [1.29, 1.82) is 0 Å². The summed E-state index contributed by atoms with van der Waals surface area (Å²) in [5.74, 6) is -0.0810. The minimum Gasteiger partial charge on any atom is -0.326 e. The van der Waals surface area contributed by atoms with Crippen molar-refractivity contribution in [2.24, 2.45) is 0 Å². The van der Waals surface area contributed by atoms with Crippen LogP contribution in [0.5, 0.6) is 0 Å². The molecule has 26 heavy (non-hydrogen) atoms. The molecule has 1 amide bonds. The molecule has 1 unspecified atom stereocenters. The predicted molar refractivity (Wildman–Crippen MR) is 105 cm³/mol. The molecule has 3 N–H and O–H groups in total. The first-order chi connectivity index (χ1) is 12.0. The Morgan fingerprint density at radius 3 is 2.50 bits per heavy atom. The number of halogens is 1. The van der Waals surface area contributed by atoms with Crippen LogP contribution in [0.1, 0.15) is 19.3 Å². The van der Waals surface area contributed by atoms with E-state index in [9.17, 15) is 13.2 Å². The molecule has 140 valence electrons. The van der Waals surface area contributed by atoms with E-state index in [1.165, 1.54) is 12.1 Å². The maximum absolute atomic E-state index is 12.4. The highest BCUT2D eigenvalue weighted by molar-refractivity contribution is 7.92. The molecule has 0 radical (unpaired) electrons. The van der Waals surface area contributed by atoms with E-state index in [1.54, 1.807) is 42.5 Å². The van der Waals surface area contributed by atoms with Crippen LogP contribution in [0.4, 0.5) is 11.4 Å². The number of carbonyl (C=O) groups excluding carboxylic acids is 1. The second kappa shape index (κ2) is 9.02. The van der Waals surface area contributed by atoms with Gasteiger partial charge in [0.25, 0.3) is 10.0 Å². The van der Waals surface area contributed by atoms with Crippen molar-refractivity contribution in [3.63, 3.8) is 0 Å². The summed E-state index contributed by atoms with van der Waals surface area (Å²) in [5, 5.41) is 6.10. The molecule has 1 fully saturated rings. The third-order valence-electron chi connectivity index (χ3n) is 4.05. The van der Waals surface area contributed by atoms with Crippen molar-refractivity contribution in [2.75, 3.05) is 16.6 Å². The molecule has 0 saturated carbocycles. The van der Waals surface area contributed by atoms with Gasteiger partial charge in [0.2, 0.25) is 5.91 Å². The fourth-order valence-electron chi connectivity index (χ4n) is 2.84. The van der Waals surface area contributed by atoms with Crippen LogP contribution in [0.15, 0.2) is 59.5 Å². The summed E-state index contributed by atoms with van der Waals surface area (Å²) < 4.78 is 27.2. The van der Waals surface area contributed by atoms with E-state index in [-0.39, 0.29) is 29.3 Å². The van der Waals surface area contributed by atoms with E-state index >= 15 is 0 Å². The van der Waals surface area contributed by atoms with Gasteiger partial charge < -0.3 is 10.6 Å². The third-order valence-corrected chi connectivity index (χ3v) is 5.44. The molecular formula is C18H22ClN3O3S. The van der Waals surface area contributed by atoms with Crippen molar-refractivity contribution < 1.29 is 13.2 Å². The highest BCUT2D eigenvalue weighted by atomic mass is 35.5. The molecule has 8 heteroatoms. The SMILES string of the molecule is Cl.O=C(CC1CCCN1)Nc1cccc(NS(=O)(=O)c2ccccc2)c1. The third kappa shape index (κ3) is 5.45. The average molecular weight is 396 g/mol. The summed E-state index contributed by atoms with van der Waals surface area (Å²) >= 11 is 0. The Kier molecular flexibility index (Phi) is 7.02. The van der Waals surface area contributed by atoms with Crippen LogP contribution >= 0.6 is 12.4 Å². The zero-order chi connectivity index (χ0) is 17.7. The Balaban J connectivity index is 0.00000243. The molecule has 3 rings (SSSR count). The number of nitrogens with one attached hydrogen (secondary N) is 3. The molecule has 1 saturated heterocycles. The number of carbonyl (C=O) groups is 1. The monoisotopic (exact) mass is 395 g/mol. The fourth-order valence-corrected chi connectivity index (χ4v) is 3.91. The molecular weight excluding hydrogens is 374 g/mol. The van der Waals surface area contributed by atoms with Gasteiger partial charge in [-0.2, -0.15) is 0 Å².